The van der Waals surface area contributed by atoms with Crippen LogP contribution in [0.3, 0.4) is 0 Å². The Morgan fingerprint density at radius 2 is 2.10 bits per heavy atom. The Hall–Kier alpha value is -0.840. The summed E-state index contributed by atoms with van der Waals surface area (Å²) in [6.45, 7) is 2.61. The standard InChI is InChI=1S/C17H19BrO2S/c1-2-20-12-7-8-13(14(18)10-12)17(19)16-9-11-5-3-4-6-15(11)21-16/h7-10,17,19H,2-6H2,1H3. The summed E-state index contributed by atoms with van der Waals surface area (Å²) in [4.78, 5) is 2.50. The van der Waals surface area contributed by atoms with Crippen LogP contribution in [-0.2, 0) is 12.8 Å². The van der Waals surface area contributed by atoms with Crippen molar-refractivity contribution in [3.05, 3.63) is 49.6 Å². The molecule has 1 unspecified atom stereocenters. The number of aliphatic hydroxyl groups excluding tert-OH is 1. The van der Waals surface area contributed by atoms with Crippen molar-refractivity contribution in [3.63, 3.8) is 0 Å². The quantitative estimate of drug-likeness (QED) is 0.836. The van der Waals surface area contributed by atoms with Gasteiger partial charge in [0.25, 0.3) is 0 Å². The number of ether oxygens (including phenoxy) is 1. The summed E-state index contributed by atoms with van der Waals surface area (Å²) in [5.74, 6) is 0.825. The van der Waals surface area contributed by atoms with Crippen LogP contribution in [0.2, 0.25) is 0 Å². The number of hydrogen-bond donors (Lipinski definition) is 1. The van der Waals surface area contributed by atoms with Crippen LogP contribution < -0.4 is 4.74 Å². The molecule has 0 amide bonds. The van der Waals surface area contributed by atoms with E-state index >= 15 is 0 Å². The van der Waals surface area contributed by atoms with Gasteiger partial charge in [0.05, 0.1) is 6.61 Å². The lowest BCUT2D eigenvalue weighted by Gasteiger charge is -2.13. The summed E-state index contributed by atoms with van der Waals surface area (Å²) >= 11 is 5.31. The van der Waals surface area contributed by atoms with Crippen molar-refractivity contribution in [1.29, 1.82) is 0 Å². The average Bonchev–Trinajstić information content (AvgIpc) is 2.91. The molecule has 0 bridgehead atoms. The lowest BCUT2D eigenvalue weighted by Crippen LogP contribution is -1.99. The molecule has 4 heteroatoms. The largest absolute Gasteiger partial charge is 0.494 e. The Kier molecular flexibility index (Phi) is 4.67. The zero-order valence-electron chi connectivity index (χ0n) is 12.1. The van der Waals surface area contributed by atoms with E-state index in [0.717, 1.165) is 33.5 Å². The van der Waals surface area contributed by atoms with Crippen molar-refractivity contribution in [2.75, 3.05) is 6.61 Å². The predicted octanol–water partition coefficient (Wildman–Crippen LogP) is 4.87. The zero-order valence-corrected chi connectivity index (χ0v) is 14.5. The number of thiophene rings is 1. The highest BCUT2D eigenvalue weighted by molar-refractivity contribution is 9.10. The Bertz CT molecular complexity index is 612. The van der Waals surface area contributed by atoms with Crippen molar-refractivity contribution in [1.82, 2.24) is 0 Å². The molecule has 1 aliphatic carbocycles. The molecule has 112 valence electrons. The first-order valence-electron chi connectivity index (χ1n) is 7.41. The maximum absolute atomic E-state index is 10.7. The van der Waals surface area contributed by atoms with E-state index in [-0.39, 0.29) is 0 Å². The van der Waals surface area contributed by atoms with Crippen molar-refractivity contribution in [3.8, 4) is 5.75 Å². The second-order valence-electron chi connectivity index (χ2n) is 5.32. The number of hydrogen-bond acceptors (Lipinski definition) is 3. The van der Waals surface area contributed by atoms with Crippen LogP contribution in [0.15, 0.2) is 28.7 Å². The fraction of sp³-hybridized carbons (Fsp3) is 0.412. The third kappa shape index (κ3) is 3.17. The summed E-state index contributed by atoms with van der Waals surface area (Å²) < 4.78 is 6.38. The van der Waals surface area contributed by atoms with Gasteiger partial charge in [0, 0.05) is 19.8 Å². The minimum absolute atomic E-state index is 0.564. The molecule has 2 nitrogen and oxygen atoms in total. The molecule has 21 heavy (non-hydrogen) atoms. The van der Waals surface area contributed by atoms with E-state index in [1.54, 1.807) is 11.3 Å². The highest BCUT2D eigenvalue weighted by Gasteiger charge is 2.20. The molecule has 1 aromatic heterocycles. The van der Waals surface area contributed by atoms with E-state index in [1.165, 1.54) is 23.3 Å². The van der Waals surface area contributed by atoms with Gasteiger partial charge in [0.15, 0.2) is 0 Å². The summed E-state index contributed by atoms with van der Waals surface area (Å²) in [6.07, 6.45) is 4.30. The van der Waals surface area contributed by atoms with Crippen LogP contribution in [0.4, 0.5) is 0 Å². The minimum atomic E-state index is -0.564. The van der Waals surface area contributed by atoms with Gasteiger partial charge in [-0.1, -0.05) is 22.0 Å². The molecule has 1 heterocycles. The molecule has 0 spiro atoms. The van der Waals surface area contributed by atoms with Crippen molar-refractivity contribution >= 4 is 27.3 Å². The van der Waals surface area contributed by atoms with E-state index in [4.69, 9.17) is 4.74 Å². The first-order chi connectivity index (χ1) is 10.2. The number of halogens is 1. The smallest absolute Gasteiger partial charge is 0.120 e. The van der Waals surface area contributed by atoms with Crippen molar-refractivity contribution in [2.45, 2.75) is 38.7 Å². The molecule has 2 aromatic rings. The van der Waals surface area contributed by atoms with E-state index in [9.17, 15) is 5.11 Å². The molecular weight excluding hydrogens is 348 g/mol. The number of rotatable bonds is 4. The van der Waals surface area contributed by atoms with Crippen LogP contribution in [-0.4, -0.2) is 11.7 Å². The minimum Gasteiger partial charge on any atom is -0.494 e. The molecule has 3 rings (SSSR count). The average molecular weight is 367 g/mol. The molecule has 1 aromatic carbocycles. The maximum atomic E-state index is 10.7. The van der Waals surface area contributed by atoms with Gasteiger partial charge in [0.1, 0.15) is 11.9 Å². The lowest BCUT2D eigenvalue weighted by atomic mass is 9.98. The van der Waals surface area contributed by atoms with Crippen LogP contribution in [0, 0.1) is 0 Å². The van der Waals surface area contributed by atoms with Gasteiger partial charge in [-0.25, -0.2) is 0 Å². The number of aliphatic hydroxyl groups is 1. The SMILES string of the molecule is CCOc1ccc(C(O)c2cc3c(s2)CCCC3)c(Br)c1. The molecule has 1 atom stereocenters. The molecular formula is C17H19BrO2S. The van der Waals surface area contributed by atoms with Gasteiger partial charge in [-0.2, -0.15) is 0 Å². The molecule has 0 saturated carbocycles. The molecule has 0 fully saturated rings. The summed E-state index contributed by atoms with van der Waals surface area (Å²) in [7, 11) is 0. The second kappa shape index (κ2) is 6.51. The Morgan fingerprint density at radius 3 is 2.81 bits per heavy atom. The summed E-state index contributed by atoms with van der Waals surface area (Å²) in [5.41, 5.74) is 2.33. The van der Waals surface area contributed by atoms with E-state index in [1.807, 2.05) is 25.1 Å². The number of benzene rings is 1. The van der Waals surface area contributed by atoms with Crippen LogP contribution in [0.5, 0.6) is 5.75 Å². The highest BCUT2D eigenvalue weighted by Crippen LogP contribution is 2.38. The van der Waals surface area contributed by atoms with E-state index in [0.29, 0.717) is 6.61 Å². The van der Waals surface area contributed by atoms with Crippen LogP contribution in [0.1, 0.15) is 46.8 Å². The van der Waals surface area contributed by atoms with E-state index in [2.05, 4.69) is 22.0 Å². The molecule has 0 saturated heterocycles. The van der Waals surface area contributed by atoms with Gasteiger partial charge in [-0.3, -0.25) is 0 Å². The molecule has 0 aliphatic heterocycles. The summed E-state index contributed by atoms with van der Waals surface area (Å²) in [5, 5.41) is 10.7. The first-order valence-corrected chi connectivity index (χ1v) is 9.01. The summed E-state index contributed by atoms with van der Waals surface area (Å²) in [6, 6.07) is 7.97. The van der Waals surface area contributed by atoms with Gasteiger partial charge in [0.2, 0.25) is 0 Å². The topological polar surface area (TPSA) is 29.5 Å². The van der Waals surface area contributed by atoms with Crippen molar-refractivity contribution < 1.29 is 9.84 Å². The van der Waals surface area contributed by atoms with Gasteiger partial charge in [-0.15, -0.1) is 11.3 Å². The van der Waals surface area contributed by atoms with Gasteiger partial charge >= 0.3 is 0 Å². The second-order valence-corrected chi connectivity index (χ2v) is 7.35. The van der Waals surface area contributed by atoms with E-state index < -0.39 is 6.10 Å². The van der Waals surface area contributed by atoms with Crippen molar-refractivity contribution in [2.24, 2.45) is 0 Å². The highest BCUT2D eigenvalue weighted by atomic mass is 79.9. The Balaban J connectivity index is 1.87. The first kappa shape index (κ1) is 15.1. The predicted molar refractivity (Wildman–Crippen MR) is 90.3 cm³/mol. The molecule has 0 radical (unpaired) electrons. The normalized spacial score (nSPS) is 15.6. The number of fused-ring (bicyclic) bond motifs is 1. The fourth-order valence-corrected chi connectivity index (χ4v) is 4.63. The zero-order chi connectivity index (χ0) is 14.8. The van der Waals surface area contributed by atoms with Crippen LogP contribution >= 0.6 is 27.3 Å². The lowest BCUT2D eigenvalue weighted by molar-refractivity contribution is 0.223. The maximum Gasteiger partial charge on any atom is 0.120 e. The fourth-order valence-electron chi connectivity index (χ4n) is 2.79. The third-order valence-electron chi connectivity index (χ3n) is 3.86. The number of aryl methyl sites for hydroxylation is 2. The van der Waals surface area contributed by atoms with Crippen LogP contribution in [0.25, 0.3) is 0 Å². The van der Waals surface area contributed by atoms with Gasteiger partial charge in [-0.05, 0) is 56.4 Å². The van der Waals surface area contributed by atoms with Gasteiger partial charge < -0.3 is 9.84 Å². The third-order valence-corrected chi connectivity index (χ3v) is 5.84. The monoisotopic (exact) mass is 366 g/mol. The molecule has 1 aliphatic rings. The molecule has 1 N–H and O–H groups in total. The Morgan fingerprint density at radius 1 is 1.29 bits per heavy atom. The Labute approximate surface area is 137 Å².